The van der Waals surface area contributed by atoms with Crippen LogP contribution in [0.4, 0.5) is 5.69 Å². The third kappa shape index (κ3) is 7.14. The summed E-state index contributed by atoms with van der Waals surface area (Å²) < 4.78 is 31.5. The number of carbonyl (C=O) groups excluding carboxylic acids is 1. The van der Waals surface area contributed by atoms with Crippen molar-refractivity contribution in [3.05, 3.63) is 24.3 Å². The van der Waals surface area contributed by atoms with Gasteiger partial charge in [-0.2, -0.15) is 0 Å². The van der Waals surface area contributed by atoms with Crippen molar-refractivity contribution in [1.82, 2.24) is 4.72 Å². The van der Waals surface area contributed by atoms with Gasteiger partial charge >= 0.3 is 0 Å². The molecule has 0 bridgehead atoms. The number of ether oxygens (including phenoxy) is 1. The van der Waals surface area contributed by atoms with Gasteiger partial charge in [-0.1, -0.05) is 0 Å². The van der Waals surface area contributed by atoms with Crippen molar-refractivity contribution in [3.63, 3.8) is 0 Å². The van der Waals surface area contributed by atoms with E-state index in [9.17, 15) is 13.2 Å². The summed E-state index contributed by atoms with van der Waals surface area (Å²) in [5, 5.41) is 2.86. The molecule has 1 aromatic rings. The summed E-state index contributed by atoms with van der Waals surface area (Å²) in [4.78, 5) is 12.0. The van der Waals surface area contributed by atoms with E-state index in [0.29, 0.717) is 31.9 Å². The van der Waals surface area contributed by atoms with Crippen LogP contribution in [0.3, 0.4) is 0 Å². The minimum atomic E-state index is -3.32. The topological polar surface area (TPSA) is 84.5 Å². The lowest BCUT2D eigenvalue weighted by molar-refractivity contribution is -0.116. The normalized spacial score (nSPS) is 15.7. The molecule has 7 heteroatoms. The van der Waals surface area contributed by atoms with Crippen LogP contribution in [-0.4, -0.2) is 31.7 Å². The first-order valence-electron chi connectivity index (χ1n) is 9.73. The minimum Gasteiger partial charge on any atom is -0.490 e. The van der Waals surface area contributed by atoms with Gasteiger partial charge in [-0.05, 0) is 83.6 Å². The Hall–Kier alpha value is -1.60. The van der Waals surface area contributed by atoms with Gasteiger partial charge in [0.25, 0.3) is 0 Å². The minimum absolute atomic E-state index is 0.0712. The molecule has 0 unspecified atom stereocenters. The molecule has 0 saturated heterocycles. The number of rotatable bonds is 9. The van der Waals surface area contributed by atoms with Gasteiger partial charge in [0, 0.05) is 18.7 Å². The quantitative estimate of drug-likeness (QED) is 0.621. The summed E-state index contributed by atoms with van der Waals surface area (Å²) >= 11 is 0. The number of nitrogens with one attached hydrogen (secondary N) is 2. The van der Waals surface area contributed by atoms with Crippen molar-refractivity contribution in [2.24, 2.45) is 0 Å². The fraction of sp³-hybridized carbons (Fsp3) is 0.650. The monoisotopic (exact) mass is 396 g/mol. The Kier molecular flexibility index (Phi) is 7.68. The first-order chi connectivity index (χ1) is 12.7. The van der Waals surface area contributed by atoms with Gasteiger partial charge < -0.3 is 10.1 Å². The number of carbonyl (C=O) groups is 1. The van der Waals surface area contributed by atoms with E-state index >= 15 is 0 Å². The number of amides is 1. The molecule has 6 nitrogen and oxygen atoms in total. The smallest absolute Gasteiger partial charge is 0.224 e. The fourth-order valence-corrected chi connectivity index (χ4v) is 3.72. The summed E-state index contributed by atoms with van der Waals surface area (Å²) in [5.41, 5.74) is 0.743. The Morgan fingerprint density at radius 3 is 2.33 bits per heavy atom. The Labute approximate surface area is 163 Å². The molecule has 27 heavy (non-hydrogen) atoms. The van der Waals surface area contributed by atoms with Crippen LogP contribution in [0.5, 0.6) is 5.75 Å². The standard InChI is InChI=1S/C20H32N2O4S/c1-20(2,3)27(24,25)21-15-7-6-10-19(23)22-16-11-13-18(14-12-16)26-17-8-4-5-9-17/h11-14,17,21H,4-10,15H2,1-3H3,(H,22,23). The van der Waals surface area contributed by atoms with Crippen molar-refractivity contribution in [2.45, 2.75) is 76.6 Å². The molecule has 1 aliphatic rings. The molecule has 1 fully saturated rings. The molecule has 1 amide bonds. The van der Waals surface area contributed by atoms with Crippen molar-refractivity contribution >= 4 is 21.6 Å². The van der Waals surface area contributed by atoms with E-state index in [0.717, 1.165) is 24.3 Å². The first-order valence-corrected chi connectivity index (χ1v) is 11.2. The summed E-state index contributed by atoms with van der Waals surface area (Å²) in [5.74, 6) is 0.768. The molecule has 0 atom stereocenters. The maximum absolute atomic E-state index is 12.0. The van der Waals surface area contributed by atoms with E-state index in [4.69, 9.17) is 4.74 Å². The lowest BCUT2D eigenvalue weighted by Gasteiger charge is -2.19. The maximum Gasteiger partial charge on any atom is 0.224 e. The highest BCUT2D eigenvalue weighted by atomic mass is 32.2. The van der Waals surface area contributed by atoms with Crippen LogP contribution < -0.4 is 14.8 Å². The molecular weight excluding hydrogens is 364 g/mol. The predicted octanol–water partition coefficient (Wildman–Crippen LogP) is 3.83. The molecule has 0 radical (unpaired) electrons. The Morgan fingerprint density at radius 1 is 1.11 bits per heavy atom. The van der Waals surface area contributed by atoms with Crippen molar-refractivity contribution in [1.29, 1.82) is 0 Å². The second-order valence-electron chi connectivity index (χ2n) is 8.06. The van der Waals surface area contributed by atoms with Crippen LogP contribution in [0.1, 0.15) is 65.7 Å². The zero-order valence-electron chi connectivity index (χ0n) is 16.6. The van der Waals surface area contributed by atoms with Crippen molar-refractivity contribution in [2.75, 3.05) is 11.9 Å². The molecule has 0 heterocycles. The van der Waals surface area contributed by atoms with Crippen molar-refractivity contribution in [3.8, 4) is 5.75 Å². The molecule has 0 aliphatic heterocycles. The van der Waals surface area contributed by atoms with Crippen LogP contribution in [0.15, 0.2) is 24.3 Å². The molecule has 0 aromatic heterocycles. The van der Waals surface area contributed by atoms with Crippen molar-refractivity contribution < 1.29 is 17.9 Å². The highest BCUT2D eigenvalue weighted by molar-refractivity contribution is 7.90. The molecule has 1 saturated carbocycles. The Balaban J connectivity index is 1.65. The average Bonchev–Trinajstić information content (AvgIpc) is 3.08. The summed E-state index contributed by atoms with van der Waals surface area (Å²) in [7, 11) is -3.32. The van der Waals surface area contributed by atoms with E-state index in [2.05, 4.69) is 10.0 Å². The number of hydrogen-bond donors (Lipinski definition) is 2. The Morgan fingerprint density at radius 2 is 1.74 bits per heavy atom. The SMILES string of the molecule is CC(C)(C)S(=O)(=O)NCCCCC(=O)Nc1ccc(OC2CCCC2)cc1. The highest BCUT2D eigenvalue weighted by Gasteiger charge is 2.27. The van der Waals surface area contributed by atoms with Gasteiger partial charge in [-0.15, -0.1) is 0 Å². The van der Waals surface area contributed by atoms with Crippen LogP contribution >= 0.6 is 0 Å². The van der Waals surface area contributed by atoms with Gasteiger partial charge in [0.1, 0.15) is 5.75 Å². The number of sulfonamides is 1. The predicted molar refractivity (Wildman–Crippen MR) is 108 cm³/mol. The Bertz CT molecular complexity index is 702. The molecule has 1 aliphatic carbocycles. The molecule has 1 aromatic carbocycles. The zero-order valence-corrected chi connectivity index (χ0v) is 17.4. The first kappa shape index (κ1) is 21.7. The van der Waals surface area contributed by atoms with E-state index in [1.807, 2.05) is 24.3 Å². The van der Waals surface area contributed by atoms with Gasteiger partial charge in [0.05, 0.1) is 10.9 Å². The average molecular weight is 397 g/mol. The van der Waals surface area contributed by atoms with Crippen LogP contribution in [0.25, 0.3) is 0 Å². The van der Waals surface area contributed by atoms with E-state index in [1.54, 1.807) is 20.8 Å². The van der Waals surface area contributed by atoms with Crippen LogP contribution in [-0.2, 0) is 14.8 Å². The van der Waals surface area contributed by atoms with E-state index < -0.39 is 14.8 Å². The third-order valence-electron chi connectivity index (χ3n) is 4.67. The number of benzene rings is 1. The molecular formula is C20H32N2O4S. The second kappa shape index (κ2) is 9.55. The maximum atomic E-state index is 12.0. The molecule has 2 N–H and O–H groups in total. The lowest BCUT2D eigenvalue weighted by atomic mass is 10.2. The lowest BCUT2D eigenvalue weighted by Crippen LogP contribution is -2.39. The number of hydrogen-bond acceptors (Lipinski definition) is 4. The fourth-order valence-electron chi connectivity index (χ4n) is 2.87. The number of anilines is 1. The molecule has 152 valence electrons. The molecule has 2 rings (SSSR count). The zero-order chi connectivity index (χ0) is 19.9. The largest absolute Gasteiger partial charge is 0.490 e. The van der Waals surface area contributed by atoms with E-state index in [-0.39, 0.29) is 5.91 Å². The number of unbranched alkanes of at least 4 members (excludes halogenated alkanes) is 1. The molecule has 0 spiro atoms. The summed E-state index contributed by atoms with van der Waals surface area (Å²) in [6.07, 6.45) is 6.62. The third-order valence-corrected chi connectivity index (χ3v) is 6.87. The second-order valence-corrected chi connectivity index (χ2v) is 10.6. The van der Waals surface area contributed by atoms with Gasteiger partial charge in [0.2, 0.25) is 15.9 Å². The van der Waals surface area contributed by atoms with Gasteiger partial charge in [0.15, 0.2) is 0 Å². The van der Waals surface area contributed by atoms with Crippen LogP contribution in [0.2, 0.25) is 0 Å². The van der Waals surface area contributed by atoms with Gasteiger partial charge in [-0.25, -0.2) is 13.1 Å². The van der Waals surface area contributed by atoms with Gasteiger partial charge in [-0.3, -0.25) is 4.79 Å². The van der Waals surface area contributed by atoms with Crippen LogP contribution in [0, 0.1) is 0 Å². The van der Waals surface area contributed by atoms with E-state index in [1.165, 1.54) is 12.8 Å². The summed E-state index contributed by atoms with van der Waals surface area (Å²) in [6.45, 7) is 5.33. The highest BCUT2D eigenvalue weighted by Crippen LogP contribution is 2.25. The summed E-state index contributed by atoms with van der Waals surface area (Å²) in [6, 6.07) is 7.46.